The van der Waals surface area contributed by atoms with E-state index in [1.165, 1.54) is 28.7 Å². The van der Waals surface area contributed by atoms with Crippen LogP contribution < -0.4 is 18.9 Å². The quantitative estimate of drug-likeness (QED) is 0.329. The summed E-state index contributed by atoms with van der Waals surface area (Å²) in [5.41, 5.74) is 5.44. The third-order valence-corrected chi connectivity index (χ3v) is 11.0. The molecular formula is C29H40N2O4S3. The molecule has 0 N–H and O–H groups in total. The molecule has 1 saturated heterocycles. The lowest BCUT2D eigenvalue weighted by Crippen LogP contribution is -2.47. The van der Waals surface area contributed by atoms with Gasteiger partial charge in [0, 0.05) is 40.4 Å². The van der Waals surface area contributed by atoms with E-state index < -0.39 is 8.67 Å². The highest BCUT2D eigenvalue weighted by Crippen LogP contribution is 2.49. The normalized spacial score (nSPS) is 26.1. The number of fused-ring (bicyclic) bond motifs is 4. The topological polar surface area (TPSA) is 43.4 Å². The number of hydrogen-bond acceptors (Lipinski definition) is 6. The Bertz CT molecular complexity index is 1190. The second-order valence-electron chi connectivity index (χ2n) is 10.6. The fourth-order valence-corrected chi connectivity index (χ4v) is 8.77. The zero-order valence-corrected chi connectivity index (χ0v) is 25.6. The number of nitrogens with zero attached hydrogens (tertiary/aromatic N) is 2. The molecular weight excluding hydrogens is 537 g/mol. The maximum Gasteiger partial charge on any atom is 0.161 e. The van der Waals surface area contributed by atoms with Crippen molar-refractivity contribution in [1.82, 2.24) is 9.21 Å². The van der Waals surface area contributed by atoms with Crippen molar-refractivity contribution in [2.45, 2.75) is 51.1 Å². The van der Waals surface area contributed by atoms with Gasteiger partial charge in [-0.15, -0.1) is 0 Å². The summed E-state index contributed by atoms with van der Waals surface area (Å²) in [5, 5.41) is 0. The van der Waals surface area contributed by atoms with Gasteiger partial charge in [0.05, 0.1) is 28.4 Å². The van der Waals surface area contributed by atoms with E-state index in [4.69, 9.17) is 41.8 Å². The minimum Gasteiger partial charge on any atom is -0.493 e. The summed E-state index contributed by atoms with van der Waals surface area (Å²) in [4.78, 5) is 2.70. The van der Waals surface area contributed by atoms with Gasteiger partial charge in [0.15, 0.2) is 23.0 Å². The van der Waals surface area contributed by atoms with Crippen LogP contribution in [-0.2, 0) is 32.7 Å². The van der Waals surface area contributed by atoms with Gasteiger partial charge in [-0.1, -0.05) is 25.0 Å². The lowest BCUT2D eigenvalue weighted by atomic mass is 9.72. The third-order valence-electron chi connectivity index (χ3n) is 8.98. The van der Waals surface area contributed by atoms with Gasteiger partial charge in [-0.3, -0.25) is 4.90 Å². The molecule has 2 aromatic rings. The van der Waals surface area contributed by atoms with Crippen LogP contribution in [-0.4, -0.2) is 57.3 Å². The molecule has 9 heteroatoms. The average molecular weight is 577 g/mol. The molecule has 5 rings (SSSR count). The maximum atomic E-state index is 5.76. The highest BCUT2D eigenvalue weighted by Gasteiger charge is 2.41. The Balaban J connectivity index is 1.49. The SMILES string of the molecule is CC[C@H]1CN2CCc3cc(OC)c(OC)cc3[C@@H]2C[C@@H]1C[C@@H]1c2cc(OC)c(OC)cc2CCN1S(=S)S. The molecule has 0 spiro atoms. The summed E-state index contributed by atoms with van der Waals surface area (Å²) in [6, 6.07) is 9.37. The Kier molecular flexibility index (Phi) is 8.79. The fraction of sp³-hybridized carbons (Fsp3) is 0.586. The molecule has 1 fully saturated rings. The number of benzene rings is 2. The van der Waals surface area contributed by atoms with E-state index >= 15 is 0 Å². The van der Waals surface area contributed by atoms with Crippen LogP contribution in [0.4, 0.5) is 0 Å². The third kappa shape index (κ3) is 5.17. The van der Waals surface area contributed by atoms with Crippen LogP contribution in [0.3, 0.4) is 0 Å². The van der Waals surface area contributed by atoms with Crippen molar-refractivity contribution in [3.63, 3.8) is 0 Å². The summed E-state index contributed by atoms with van der Waals surface area (Å²) in [6.45, 7) is 5.49. The van der Waals surface area contributed by atoms with Crippen molar-refractivity contribution in [1.29, 1.82) is 0 Å². The van der Waals surface area contributed by atoms with Crippen LogP contribution in [0.15, 0.2) is 24.3 Å². The summed E-state index contributed by atoms with van der Waals surface area (Å²) >= 11 is 10.5. The van der Waals surface area contributed by atoms with Gasteiger partial charge >= 0.3 is 0 Å². The minimum atomic E-state index is -0.527. The number of hydrogen-bond donors (Lipinski definition) is 1. The van der Waals surface area contributed by atoms with Crippen molar-refractivity contribution < 1.29 is 18.9 Å². The number of rotatable bonds is 8. The molecule has 3 heterocycles. The molecule has 6 nitrogen and oxygen atoms in total. The first-order valence-corrected chi connectivity index (χ1v) is 16.7. The molecule has 0 aromatic heterocycles. The number of ether oxygens (including phenoxy) is 4. The molecule has 0 radical (unpaired) electrons. The van der Waals surface area contributed by atoms with E-state index in [2.05, 4.69) is 40.4 Å². The molecule has 1 unspecified atom stereocenters. The first-order valence-electron chi connectivity index (χ1n) is 13.5. The first kappa shape index (κ1) is 28.0. The Morgan fingerprint density at radius 3 is 1.97 bits per heavy atom. The largest absolute Gasteiger partial charge is 0.493 e. The molecule has 38 heavy (non-hydrogen) atoms. The Labute approximate surface area is 239 Å². The van der Waals surface area contributed by atoms with E-state index in [1.54, 1.807) is 28.4 Å². The van der Waals surface area contributed by atoms with Gasteiger partial charge in [0.25, 0.3) is 0 Å². The minimum absolute atomic E-state index is 0.218. The number of thiol groups is 1. The molecule has 0 saturated carbocycles. The van der Waals surface area contributed by atoms with E-state index in [0.717, 1.165) is 68.3 Å². The summed E-state index contributed by atoms with van der Waals surface area (Å²) < 4.78 is 25.1. The average Bonchev–Trinajstić information content (AvgIpc) is 2.94. The molecule has 0 bridgehead atoms. The number of methoxy groups -OCH3 is 4. The zero-order chi connectivity index (χ0) is 27.0. The van der Waals surface area contributed by atoms with E-state index in [-0.39, 0.29) is 6.04 Å². The molecule has 3 aliphatic heterocycles. The lowest BCUT2D eigenvalue weighted by Gasteiger charge is -2.49. The monoisotopic (exact) mass is 576 g/mol. The Hall–Kier alpha value is -1.52. The van der Waals surface area contributed by atoms with Crippen molar-refractivity contribution in [2.75, 3.05) is 48.1 Å². The molecule has 3 aliphatic rings. The van der Waals surface area contributed by atoms with Crippen LogP contribution >= 0.6 is 11.7 Å². The van der Waals surface area contributed by atoms with Crippen molar-refractivity contribution >= 4 is 31.5 Å². The molecule has 208 valence electrons. The highest BCUT2D eigenvalue weighted by atomic mass is 33.3. The van der Waals surface area contributed by atoms with Gasteiger partial charge in [-0.2, -0.15) is 0 Å². The van der Waals surface area contributed by atoms with Crippen LogP contribution in [0.25, 0.3) is 0 Å². The smallest absolute Gasteiger partial charge is 0.161 e. The zero-order valence-electron chi connectivity index (χ0n) is 23.1. The molecule has 0 amide bonds. The van der Waals surface area contributed by atoms with E-state index in [9.17, 15) is 0 Å². The molecule has 2 aromatic carbocycles. The predicted molar refractivity (Wildman–Crippen MR) is 160 cm³/mol. The summed E-state index contributed by atoms with van der Waals surface area (Å²) in [5.74, 6) is 4.44. The van der Waals surface area contributed by atoms with Crippen molar-refractivity contribution in [3.05, 3.63) is 46.5 Å². The van der Waals surface area contributed by atoms with Gasteiger partial charge in [-0.05, 0) is 95.2 Å². The van der Waals surface area contributed by atoms with Crippen LogP contribution in [0, 0.1) is 11.8 Å². The second-order valence-corrected chi connectivity index (χ2v) is 14.3. The van der Waals surface area contributed by atoms with Gasteiger partial charge in [0.1, 0.15) is 0 Å². The lowest BCUT2D eigenvalue weighted by molar-refractivity contribution is 0.0393. The maximum absolute atomic E-state index is 5.76. The van der Waals surface area contributed by atoms with Crippen LogP contribution in [0.2, 0.25) is 0 Å². The molecule has 0 aliphatic carbocycles. The Morgan fingerprint density at radius 1 is 0.842 bits per heavy atom. The molecule has 5 atom stereocenters. The van der Waals surface area contributed by atoms with Gasteiger partial charge in [-0.25, -0.2) is 4.31 Å². The fourth-order valence-electron chi connectivity index (χ4n) is 6.98. The first-order chi connectivity index (χ1) is 18.4. The van der Waals surface area contributed by atoms with Crippen LogP contribution in [0.1, 0.15) is 60.5 Å². The van der Waals surface area contributed by atoms with Crippen LogP contribution in [0.5, 0.6) is 23.0 Å². The predicted octanol–water partition coefficient (Wildman–Crippen LogP) is 5.50. The highest BCUT2D eigenvalue weighted by molar-refractivity contribution is 8.75. The van der Waals surface area contributed by atoms with Crippen molar-refractivity contribution in [2.24, 2.45) is 11.8 Å². The summed E-state index contributed by atoms with van der Waals surface area (Å²) in [6.07, 6.45) is 5.37. The van der Waals surface area contributed by atoms with Crippen molar-refractivity contribution in [3.8, 4) is 23.0 Å². The standard InChI is InChI=1S/C29H40N2O4S3/c1-6-18-17-30-9-7-19-13-26(32-2)28(34-4)15-22(19)24(30)11-21(18)12-25-23-16-29(35-5)27(33-3)14-20(23)8-10-31(25)38(36)37/h13-16,18,21,24-25H,6-12,17H2,1-5H3,(H,36,37)/t18-,21+,24-,25+/m0/s1. The second kappa shape index (κ2) is 11.9. The van der Waals surface area contributed by atoms with Gasteiger partial charge in [0.2, 0.25) is 0 Å². The van der Waals surface area contributed by atoms with Gasteiger partial charge < -0.3 is 18.9 Å². The Morgan fingerprint density at radius 2 is 1.39 bits per heavy atom. The number of piperidine rings is 1. The summed E-state index contributed by atoms with van der Waals surface area (Å²) in [7, 11) is 6.33. The van der Waals surface area contributed by atoms with E-state index in [0.29, 0.717) is 17.9 Å². The van der Waals surface area contributed by atoms with E-state index in [1.807, 2.05) is 0 Å².